The fourth-order valence-electron chi connectivity index (χ4n) is 2.14. The van der Waals surface area contributed by atoms with E-state index >= 15 is 0 Å². The Labute approximate surface area is 108 Å². The molecule has 18 heavy (non-hydrogen) atoms. The normalized spacial score (nSPS) is 19.8. The van der Waals surface area contributed by atoms with Crippen LogP contribution < -0.4 is 10.4 Å². The second-order valence-corrected chi connectivity index (χ2v) is 4.48. The van der Waals surface area contributed by atoms with Crippen molar-refractivity contribution in [3.8, 4) is 0 Å². The van der Waals surface area contributed by atoms with E-state index in [0.717, 1.165) is 18.6 Å². The number of ether oxygens (including phenoxy) is 2. The summed E-state index contributed by atoms with van der Waals surface area (Å²) in [4.78, 5) is 0. The van der Waals surface area contributed by atoms with Crippen LogP contribution in [0.2, 0.25) is 0 Å². The first-order chi connectivity index (χ1) is 8.81. The maximum absolute atomic E-state index is 5.86. The van der Waals surface area contributed by atoms with E-state index < -0.39 is 0 Å². The van der Waals surface area contributed by atoms with Crippen LogP contribution >= 0.6 is 0 Å². The molecule has 1 aliphatic carbocycles. The van der Waals surface area contributed by atoms with Gasteiger partial charge in [0, 0.05) is 18.7 Å². The van der Waals surface area contributed by atoms with Crippen molar-refractivity contribution < 1.29 is 9.47 Å². The number of methoxy groups -OCH3 is 1. The van der Waals surface area contributed by atoms with E-state index in [1.807, 2.05) is 0 Å². The molecule has 0 unspecified atom stereocenters. The zero-order valence-corrected chi connectivity index (χ0v) is 11.1. The van der Waals surface area contributed by atoms with E-state index in [9.17, 15) is 0 Å². The minimum absolute atomic E-state index is 0.614. The number of benzene rings is 1. The van der Waals surface area contributed by atoms with Crippen LogP contribution in [-0.2, 0) is 9.47 Å². The molecule has 0 spiro atoms. The fourth-order valence-corrected chi connectivity index (χ4v) is 2.14. The Morgan fingerprint density at radius 2 is 2.00 bits per heavy atom. The van der Waals surface area contributed by atoms with E-state index in [-0.39, 0.29) is 0 Å². The van der Waals surface area contributed by atoms with Crippen molar-refractivity contribution in [3.05, 3.63) is 46.4 Å². The van der Waals surface area contributed by atoms with Crippen LogP contribution in [0.3, 0.4) is 0 Å². The summed E-state index contributed by atoms with van der Waals surface area (Å²) in [6.07, 6.45) is 6.45. The van der Waals surface area contributed by atoms with E-state index in [2.05, 4.69) is 43.3 Å². The third-order valence-corrected chi connectivity index (χ3v) is 3.05. The van der Waals surface area contributed by atoms with E-state index in [1.54, 1.807) is 7.11 Å². The molecule has 0 bridgehead atoms. The average Bonchev–Trinajstić information content (AvgIpc) is 2.36. The second-order valence-electron chi connectivity index (χ2n) is 4.48. The van der Waals surface area contributed by atoms with Gasteiger partial charge in [0.15, 0.2) is 0 Å². The third kappa shape index (κ3) is 3.23. The van der Waals surface area contributed by atoms with Gasteiger partial charge >= 0.3 is 0 Å². The molecule has 0 aromatic heterocycles. The number of rotatable bonds is 4. The van der Waals surface area contributed by atoms with Crippen molar-refractivity contribution in [2.24, 2.45) is 0 Å². The van der Waals surface area contributed by atoms with Crippen LogP contribution in [0.1, 0.15) is 19.8 Å². The first kappa shape index (κ1) is 12.9. The lowest BCUT2D eigenvalue weighted by Gasteiger charge is -2.11. The molecule has 0 saturated carbocycles. The minimum Gasteiger partial charge on any atom is -0.495 e. The molecule has 0 atom stereocenters. The Morgan fingerprint density at radius 1 is 1.17 bits per heavy atom. The van der Waals surface area contributed by atoms with Gasteiger partial charge in [0.1, 0.15) is 12.4 Å². The summed E-state index contributed by atoms with van der Waals surface area (Å²) in [7, 11) is 1.69. The van der Waals surface area contributed by atoms with Crippen LogP contribution in [-0.4, -0.2) is 20.3 Å². The van der Waals surface area contributed by atoms with Gasteiger partial charge in [-0.15, -0.1) is 0 Å². The molecule has 1 aromatic rings. The Bertz CT molecular complexity index is 540. The molecule has 0 fully saturated rings. The molecule has 2 nitrogen and oxygen atoms in total. The lowest BCUT2D eigenvalue weighted by atomic mass is 10.1. The summed E-state index contributed by atoms with van der Waals surface area (Å²) in [6, 6.07) is 8.40. The smallest absolute Gasteiger partial charge is 0.111 e. The highest BCUT2D eigenvalue weighted by Crippen LogP contribution is 2.10. The highest BCUT2D eigenvalue weighted by Gasteiger charge is 2.03. The SMILES string of the molecule is COCCOC1=c2cccc/c2=C/C(C)=C/CC1. The predicted molar refractivity (Wildman–Crippen MR) is 74.4 cm³/mol. The summed E-state index contributed by atoms with van der Waals surface area (Å²) in [6.45, 7) is 3.39. The standard InChI is InChI=1S/C16H20O2/c1-13-6-5-9-16(18-11-10-17-2)15-8-4-3-7-14(15)12-13/h3-4,6-8,12H,5,9-11H2,1-2H3/b13-6+,14-12-,16-15?. The molecule has 2 rings (SSSR count). The third-order valence-electron chi connectivity index (χ3n) is 3.05. The van der Waals surface area contributed by atoms with Crippen molar-refractivity contribution >= 4 is 11.8 Å². The van der Waals surface area contributed by atoms with Crippen LogP contribution in [0.4, 0.5) is 0 Å². The molecule has 0 aliphatic heterocycles. The minimum atomic E-state index is 0.614. The van der Waals surface area contributed by atoms with Crippen LogP contribution in [0, 0.1) is 0 Å². The highest BCUT2D eigenvalue weighted by atomic mass is 16.5. The molecule has 0 amide bonds. The van der Waals surface area contributed by atoms with Gasteiger partial charge < -0.3 is 9.47 Å². The average molecular weight is 244 g/mol. The monoisotopic (exact) mass is 244 g/mol. The van der Waals surface area contributed by atoms with Gasteiger partial charge in [-0.05, 0) is 18.6 Å². The lowest BCUT2D eigenvalue weighted by molar-refractivity contribution is 0.129. The van der Waals surface area contributed by atoms with Crippen molar-refractivity contribution in [1.29, 1.82) is 0 Å². The topological polar surface area (TPSA) is 18.5 Å². The van der Waals surface area contributed by atoms with Crippen LogP contribution in [0.25, 0.3) is 11.8 Å². The quantitative estimate of drug-likeness (QED) is 0.754. The van der Waals surface area contributed by atoms with Gasteiger partial charge in [-0.1, -0.05) is 42.0 Å². The predicted octanol–water partition coefficient (Wildman–Crippen LogP) is 1.98. The maximum atomic E-state index is 5.86. The Hall–Kier alpha value is -1.54. The number of fused-ring (bicyclic) bond motifs is 1. The van der Waals surface area contributed by atoms with Gasteiger partial charge in [0.25, 0.3) is 0 Å². The summed E-state index contributed by atoms with van der Waals surface area (Å²) in [5.74, 6) is 1.07. The van der Waals surface area contributed by atoms with Crippen LogP contribution in [0.5, 0.6) is 0 Å². The van der Waals surface area contributed by atoms with Gasteiger partial charge in [0.2, 0.25) is 0 Å². The van der Waals surface area contributed by atoms with Crippen molar-refractivity contribution in [3.63, 3.8) is 0 Å². The molecule has 96 valence electrons. The fraction of sp³-hybridized carbons (Fsp3) is 0.375. The summed E-state index contributed by atoms with van der Waals surface area (Å²) in [5, 5.41) is 2.44. The molecular formula is C16H20O2. The lowest BCUT2D eigenvalue weighted by Crippen LogP contribution is -2.28. The maximum Gasteiger partial charge on any atom is 0.111 e. The molecule has 2 heteroatoms. The Balaban J connectivity index is 2.43. The summed E-state index contributed by atoms with van der Waals surface area (Å²) in [5.41, 5.74) is 1.32. The summed E-state index contributed by atoms with van der Waals surface area (Å²) >= 11 is 0. The molecule has 1 aromatic carbocycles. The zero-order chi connectivity index (χ0) is 12.8. The van der Waals surface area contributed by atoms with E-state index in [1.165, 1.54) is 16.0 Å². The molecule has 0 saturated heterocycles. The molecular weight excluding hydrogens is 224 g/mol. The van der Waals surface area contributed by atoms with E-state index in [4.69, 9.17) is 9.47 Å². The van der Waals surface area contributed by atoms with Gasteiger partial charge in [-0.2, -0.15) is 0 Å². The van der Waals surface area contributed by atoms with Crippen molar-refractivity contribution in [2.75, 3.05) is 20.3 Å². The van der Waals surface area contributed by atoms with Crippen molar-refractivity contribution in [1.82, 2.24) is 0 Å². The molecule has 0 radical (unpaired) electrons. The van der Waals surface area contributed by atoms with E-state index in [0.29, 0.717) is 13.2 Å². The van der Waals surface area contributed by atoms with Gasteiger partial charge in [-0.25, -0.2) is 0 Å². The Kier molecular flexibility index (Phi) is 4.59. The zero-order valence-electron chi connectivity index (χ0n) is 11.1. The second kappa shape index (κ2) is 6.41. The van der Waals surface area contributed by atoms with Gasteiger partial charge in [-0.3, -0.25) is 0 Å². The molecule has 0 heterocycles. The summed E-state index contributed by atoms with van der Waals surface area (Å²) < 4.78 is 10.9. The Morgan fingerprint density at radius 3 is 2.83 bits per heavy atom. The number of hydrogen-bond acceptors (Lipinski definition) is 2. The number of hydrogen-bond donors (Lipinski definition) is 0. The first-order valence-electron chi connectivity index (χ1n) is 6.39. The van der Waals surface area contributed by atoms with Crippen LogP contribution in [0.15, 0.2) is 35.9 Å². The highest BCUT2D eigenvalue weighted by molar-refractivity contribution is 5.50. The molecule has 1 aliphatic rings. The molecule has 0 N–H and O–H groups in total. The first-order valence-corrected chi connectivity index (χ1v) is 6.39. The largest absolute Gasteiger partial charge is 0.495 e. The van der Waals surface area contributed by atoms with Crippen molar-refractivity contribution in [2.45, 2.75) is 19.8 Å². The van der Waals surface area contributed by atoms with Gasteiger partial charge in [0.05, 0.1) is 6.61 Å². The number of allylic oxidation sites excluding steroid dienone is 2.